The van der Waals surface area contributed by atoms with Gasteiger partial charge in [0, 0.05) is 25.3 Å². The van der Waals surface area contributed by atoms with E-state index in [0.29, 0.717) is 36.5 Å². The predicted molar refractivity (Wildman–Crippen MR) is 127 cm³/mol. The highest BCUT2D eigenvalue weighted by molar-refractivity contribution is 6.01. The molecule has 1 aromatic heterocycles. The monoisotopic (exact) mass is 430 g/mol. The van der Waals surface area contributed by atoms with E-state index in [1.807, 2.05) is 84.0 Å². The van der Waals surface area contributed by atoms with Crippen molar-refractivity contribution in [2.45, 2.75) is 40.4 Å². The maximum Gasteiger partial charge on any atom is 0.355 e. The average molecular weight is 431 g/mol. The third-order valence-electron chi connectivity index (χ3n) is 5.48. The molecule has 0 saturated heterocycles. The summed E-state index contributed by atoms with van der Waals surface area (Å²) in [6.07, 6.45) is 1.72. The van der Waals surface area contributed by atoms with Crippen molar-refractivity contribution in [3.8, 4) is 0 Å². The van der Waals surface area contributed by atoms with Crippen molar-refractivity contribution in [2.75, 3.05) is 6.61 Å². The molecule has 0 unspecified atom stereocenters. The van der Waals surface area contributed by atoms with E-state index in [-0.39, 0.29) is 12.5 Å². The highest BCUT2D eigenvalue weighted by atomic mass is 16.5. The highest BCUT2D eigenvalue weighted by Gasteiger charge is 2.29. The lowest BCUT2D eigenvalue weighted by atomic mass is 10.1. The van der Waals surface area contributed by atoms with E-state index < -0.39 is 5.97 Å². The van der Waals surface area contributed by atoms with E-state index in [2.05, 4.69) is 6.58 Å². The van der Waals surface area contributed by atoms with Crippen LogP contribution in [0.1, 0.15) is 50.2 Å². The summed E-state index contributed by atoms with van der Waals surface area (Å²) in [7, 11) is 0. The van der Waals surface area contributed by atoms with Gasteiger partial charge in [0.25, 0.3) is 5.91 Å². The second-order valence-corrected chi connectivity index (χ2v) is 7.69. The molecule has 0 radical (unpaired) electrons. The zero-order chi connectivity index (χ0) is 23.1. The second-order valence-electron chi connectivity index (χ2n) is 7.69. The van der Waals surface area contributed by atoms with Crippen LogP contribution in [-0.2, 0) is 24.4 Å². The summed E-state index contributed by atoms with van der Waals surface area (Å²) in [6.45, 7) is 10.9. The number of ether oxygens (including phenoxy) is 1. The molecule has 2 aromatic carbocycles. The zero-order valence-electron chi connectivity index (χ0n) is 19.0. The van der Waals surface area contributed by atoms with Gasteiger partial charge in [-0.3, -0.25) is 4.79 Å². The van der Waals surface area contributed by atoms with E-state index in [1.54, 1.807) is 13.0 Å². The predicted octanol–water partition coefficient (Wildman–Crippen LogP) is 5.31. The van der Waals surface area contributed by atoms with Crippen LogP contribution >= 0.6 is 0 Å². The van der Waals surface area contributed by atoms with Crippen molar-refractivity contribution in [1.82, 2.24) is 9.47 Å². The van der Waals surface area contributed by atoms with Crippen LogP contribution in [0.3, 0.4) is 0 Å². The normalized spacial score (nSPS) is 10.6. The Morgan fingerprint density at radius 2 is 1.50 bits per heavy atom. The number of benzene rings is 2. The smallest absolute Gasteiger partial charge is 0.355 e. The number of rotatable bonds is 9. The molecule has 1 heterocycles. The average Bonchev–Trinajstić information content (AvgIpc) is 3.04. The van der Waals surface area contributed by atoms with Crippen LogP contribution in [0.4, 0.5) is 0 Å². The summed E-state index contributed by atoms with van der Waals surface area (Å²) in [5.74, 6) is -0.535. The first kappa shape index (κ1) is 23.1. The Labute approximate surface area is 189 Å². The summed E-state index contributed by atoms with van der Waals surface area (Å²) in [5, 5.41) is 0. The number of esters is 1. The van der Waals surface area contributed by atoms with Gasteiger partial charge in [-0.1, -0.05) is 66.7 Å². The van der Waals surface area contributed by atoms with Gasteiger partial charge < -0.3 is 14.2 Å². The first-order chi connectivity index (χ1) is 15.5. The quantitative estimate of drug-likeness (QED) is 0.341. The van der Waals surface area contributed by atoms with Gasteiger partial charge in [0.15, 0.2) is 0 Å². The van der Waals surface area contributed by atoms with Crippen molar-refractivity contribution in [3.63, 3.8) is 0 Å². The molecule has 5 nitrogen and oxygen atoms in total. The number of amides is 1. The maximum absolute atomic E-state index is 13.9. The number of allylic oxidation sites excluding steroid dienone is 1. The fourth-order valence-corrected chi connectivity index (χ4v) is 4.00. The summed E-state index contributed by atoms with van der Waals surface area (Å²) in [5.41, 5.74) is 4.42. The SMILES string of the molecule is C=CCn1c(C)c(C(=O)N(Cc2ccccc2)Cc2ccccc2)c(C)c1C(=O)OCC. The Morgan fingerprint density at radius 3 is 1.97 bits per heavy atom. The number of carbonyl (C=O) groups excluding carboxylic acids is 2. The van der Waals surface area contributed by atoms with Crippen molar-refractivity contribution in [1.29, 1.82) is 0 Å². The number of carbonyl (C=O) groups is 2. The molecule has 0 saturated carbocycles. The lowest BCUT2D eigenvalue weighted by Gasteiger charge is -2.24. The molecule has 0 aliphatic carbocycles. The van der Waals surface area contributed by atoms with Crippen LogP contribution in [0.25, 0.3) is 0 Å². The van der Waals surface area contributed by atoms with E-state index in [1.165, 1.54) is 0 Å². The zero-order valence-corrected chi connectivity index (χ0v) is 19.0. The molecule has 166 valence electrons. The summed E-state index contributed by atoms with van der Waals surface area (Å²) in [6, 6.07) is 19.8. The van der Waals surface area contributed by atoms with Crippen LogP contribution in [0.2, 0.25) is 0 Å². The lowest BCUT2D eigenvalue weighted by molar-refractivity contribution is 0.0513. The summed E-state index contributed by atoms with van der Waals surface area (Å²) < 4.78 is 7.09. The second kappa shape index (κ2) is 10.6. The van der Waals surface area contributed by atoms with Gasteiger partial charge in [0.1, 0.15) is 5.69 Å². The topological polar surface area (TPSA) is 51.5 Å². The fourth-order valence-electron chi connectivity index (χ4n) is 4.00. The van der Waals surface area contributed by atoms with Crippen molar-refractivity contribution < 1.29 is 14.3 Å². The molecular formula is C27H30N2O3. The van der Waals surface area contributed by atoms with Crippen molar-refractivity contribution >= 4 is 11.9 Å². The molecule has 1 amide bonds. The largest absolute Gasteiger partial charge is 0.461 e. The fraction of sp³-hybridized carbons (Fsp3) is 0.259. The standard InChI is InChI=1S/C27H30N2O3/c1-5-17-29-21(4)24(20(3)25(29)27(31)32-6-2)26(30)28(18-22-13-9-7-10-14-22)19-23-15-11-8-12-16-23/h5,7-16H,1,6,17-19H2,2-4H3. The van der Waals surface area contributed by atoms with Gasteiger partial charge in [-0.05, 0) is 37.5 Å². The lowest BCUT2D eigenvalue weighted by Crippen LogP contribution is -2.31. The van der Waals surface area contributed by atoms with Crippen molar-refractivity contribution in [3.05, 3.63) is 107 Å². The van der Waals surface area contributed by atoms with Gasteiger partial charge in [-0.15, -0.1) is 6.58 Å². The van der Waals surface area contributed by atoms with Gasteiger partial charge in [0.2, 0.25) is 0 Å². The molecule has 32 heavy (non-hydrogen) atoms. The van der Waals surface area contributed by atoms with Crippen molar-refractivity contribution in [2.24, 2.45) is 0 Å². The molecular weight excluding hydrogens is 400 g/mol. The summed E-state index contributed by atoms with van der Waals surface area (Å²) >= 11 is 0. The molecule has 0 atom stereocenters. The first-order valence-corrected chi connectivity index (χ1v) is 10.8. The van der Waals surface area contributed by atoms with E-state index >= 15 is 0 Å². The Kier molecular flexibility index (Phi) is 7.66. The molecule has 0 aliphatic rings. The number of hydrogen-bond acceptors (Lipinski definition) is 3. The third-order valence-corrected chi connectivity index (χ3v) is 5.48. The molecule has 5 heteroatoms. The van der Waals surface area contributed by atoms with Gasteiger partial charge in [-0.25, -0.2) is 4.79 Å². The van der Waals surface area contributed by atoms with E-state index in [9.17, 15) is 9.59 Å². The van der Waals surface area contributed by atoms with Crippen LogP contribution in [-0.4, -0.2) is 28.0 Å². The number of hydrogen-bond donors (Lipinski definition) is 0. The molecule has 0 bridgehead atoms. The maximum atomic E-state index is 13.9. The minimum atomic E-state index is -0.424. The number of nitrogens with zero attached hydrogens (tertiary/aromatic N) is 2. The van der Waals surface area contributed by atoms with E-state index in [0.717, 1.165) is 16.8 Å². The highest BCUT2D eigenvalue weighted by Crippen LogP contribution is 2.26. The van der Waals surface area contributed by atoms with Crippen LogP contribution < -0.4 is 0 Å². The molecule has 0 N–H and O–H groups in total. The van der Waals surface area contributed by atoms with Gasteiger partial charge in [-0.2, -0.15) is 0 Å². The summed E-state index contributed by atoms with van der Waals surface area (Å²) in [4.78, 5) is 28.4. The minimum absolute atomic E-state index is 0.110. The molecule has 3 rings (SSSR count). The number of aromatic nitrogens is 1. The van der Waals surface area contributed by atoms with Crippen LogP contribution in [0.5, 0.6) is 0 Å². The van der Waals surface area contributed by atoms with Crippen LogP contribution in [0.15, 0.2) is 73.3 Å². The molecule has 0 fully saturated rings. The van der Waals surface area contributed by atoms with E-state index in [4.69, 9.17) is 4.74 Å². The van der Waals surface area contributed by atoms with Crippen LogP contribution in [0, 0.1) is 13.8 Å². The van der Waals surface area contributed by atoms with Gasteiger partial charge >= 0.3 is 5.97 Å². The Balaban J connectivity index is 2.05. The van der Waals surface area contributed by atoms with Gasteiger partial charge in [0.05, 0.1) is 12.2 Å². The minimum Gasteiger partial charge on any atom is -0.461 e. The first-order valence-electron chi connectivity index (χ1n) is 10.8. The Bertz CT molecular complexity index is 1040. The Hall–Kier alpha value is -3.60. The third kappa shape index (κ3) is 4.99. The molecule has 0 aliphatic heterocycles. The Morgan fingerprint density at radius 1 is 0.969 bits per heavy atom. The molecule has 3 aromatic rings. The molecule has 0 spiro atoms.